The molecule has 0 atom stereocenters. The average molecular weight is 310 g/mol. The molecule has 0 radical (unpaired) electrons. The molecule has 5 heteroatoms. The van der Waals surface area contributed by atoms with Crippen LogP contribution in [0.15, 0.2) is 18.2 Å². The van der Waals surface area contributed by atoms with Gasteiger partial charge in [-0.2, -0.15) is 0 Å². The second-order valence-electron chi connectivity index (χ2n) is 5.10. The van der Waals surface area contributed by atoms with Crippen LogP contribution in [0.3, 0.4) is 0 Å². The molecule has 0 amide bonds. The van der Waals surface area contributed by atoms with Gasteiger partial charge in [0.05, 0.1) is 24.0 Å². The molecule has 0 aliphatic rings. The van der Waals surface area contributed by atoms with Crippen molar-refractivity contribution in [3.8, 4) is 5.75 Å². The fourth-order valence-corrected chi connectivity index (χ4v) is 2.83. The predicted molar refractivity (Wildman–Crippen MR) is 88.2 cm³/mol. The fraction of sp³-hybridized carbons (Fsp3) is 0.562. The first-order valence-electron chi connectivity index (χ1n) is 7.54. The first-order chi connectivity index (χ1) is 10.2. The molecule has 4 nitrogen and oxygen atoms in total. The molecular formula is C16H24ClN3O. The Bertz CT molecular complexity index is 582. The molecule has 2 aromatic rings. The second-order valence-corrected chi connectivity index (χ2v) is 5.37. The lowest BCUT2D eigenvalue weighted by atomic mass is 10.3. The van der Waals surface area contributed by atoms with Crippen LogP contribution in [0.5, 0.6) is 5.75 Å². The summed E-state index contributed by atoms with van der Waals surface area (Å²) in [6.07, 6.45) is 1.18. The number of likely N-dealkylation sites (N-methyl/N-ethyl adjacent to an activating group) is 1. The Morgan fingerprint density at radius 3 is 2.71 bits per heavy atom. The van der Waals surface area contributed by atoms with E-state index in [-0.39, 0.29) is 0 Å². The maximum absolute atomic E-state index is 6.06. The Morgan fingerprint density at radius 1 is 1.29 bits per heavy atom. The van der Waals surface area contributed by atoms with Crippen molar-refractivity contribution in [2.75, 3.05) is 26.7 Å². The Balaban J connectivity index is 2.25. The summed E-state index contributed by atoms with van der Waals surface area (Å²) in [6.45, 7) is 8.56. The van der Waals surface area contributed by atoms with Gasteiger partial charge >= 0.3 is 0 Å². The number of rotatable bonds is 8. The van der Waals surface area contributed by atoms with Crippen molar-refractivity contribution in [1.29, 1.82) is 0 Å². The third-order valence-corrected chi connectivity index (χ3v) is 4.02. The highest BCUT2D eigenvalue weighted by atomic mass is 35.5. The zero-order valence-electron chi connectivity index (χ0n) is 13.1. The van der Waals surface area contributed by atoms with Gasteiger partial charge in [-0.1, -0.05) is 13.8 Å². The van der Waals surface area contributed by atoms with Crippen LogP contribution in [-0.4, -0.2) is 41.2 Å². The number of fused-ring (bicyclic) bond motifs is 1. The molecule has 116 valence electrons. The van der Waals surface area contributed by atoms with Gasteiger partial charge in [0.2, 0.25) is 0 Å². The van der Waals surface area contributed by atoms with Crippen molar-refractivity contribution in [3.63, 3.8) is 0 Å². The van der Waals surface area contributed by atoms with Gasteiger partial charge in [-0.25, -0.2) is 4.98 Å². The summed E-state index contributed by atoms with van der Waals surface area (Å²) in [7, 11) is 1.67. The highest BCUT2D eigenvalue weighted by Crippen LogP contribution is 2.22. The summed E-state index contributed by atoms with van der Waals surface area (Å²) in [5.74, 6) is 2.18. The second kappa shape index (κ2) is 7.66. The summed E-state index contributed by atoms with van der Waals surface area (Å²) < 4.78 is 7.48. The summed E-state index contributed by atoms with van der Waals surface area (Å²) in [5.41, 5.74) is 2.07. The molecule has 0 fully saturated rings. The number of hydrogen-bond acceptors (Lipinski definition) is 3. The van der Waals surface area contributed by atoms with Crippen LogP contribution in [0.4, 0.5) is 0 Å². The molecule has 1 aromatic heterocycles. The van der Waals surface area contributed by atoms with E-state index in [4.69, 9.17) is 16.3 Å². The van der Waals surface area contributed by atoms with Crippen LogP contribution in [0.1, 0.15) is 26.1 Å². The smallest absolute Gasteiger partial charge is 0.124 e. The van der Waals surface area contributed by atoms with Gasteiger partial charge < -0.3 is 14.2 Å². The minimum atomic E-state index is 0.427. The van der Waals surface area contributed by atoms with Crippen LogP contribution < -0.4 is 4.74 Å². The molecule has 21 heavy (non-hydrogen) atoms. The number of ether oxygens (including phenoxy) is 1. The summed E-state index contributed by atoms with van der Waals surface area (Å²) in [5, 5.41) is 0. The molecule has 0 saturated heterocycles. The molecule has 0 N–H and O–H groups in total. The van der Waals surface area contributed by atoms with Gasteiger partial charge in [-0.15, -0.1) is 11.6 Å². The molecule has 0 aliphatic carbocycles. The first-order valence-corrected chi connectivity index (χ1v) is 8.08. The average Bonchev–Trinajstić information content (AvgIpc) is 2.88. The molecule has 1 heterocycles. The molecule has 0 bridgehead atoms. The van der Waals surface area contributed by atoms with E-state index in [9.17, 15) is 0 Å². The standard InChI is InChI=1S/C16H24ClN3O/c1-4-8-19(5-2)9-10-20-15-7-6-13(21-3)11-14(15)18-16(20)12-17/h6-7,11H,4-5,8-10,12H2,1-3H3. The number of halogens is 1. The van der Waals surface area contributed by atoms with Crippen LogP contribution in [-0.2, 0) is 12.4 Å². The first kappa shape index (κ1) is 16.1. The summed E-state index contributed by atoms with van der Waals surface area (Å²) in [6, 6.07) is 6.00. The van der Waals surface area contributed by atoms with Crippen LogP contribution in [0, 0.1) is 0 Å². The van der Waals surface area contributed by atoms with E-state index < -0.39 is 0 Å². The Kier molecular flexibility index (Phi) is 5.88. The molecule has 0 aliphatic heterocycles. The maximum Gasteiger partial charge on any atom is 0.124 e. The highest BCUT2D eigenvalue weighted by Gasteiger charge is 2.11. The third-order valence-electron chi connectivity index (χ3n) is 3.78. The Hall–Kier alpha value is -1.26. The lowest BCUT2D eigenvalue weighted by Gasteiger charge is -2.20. The van der Waals surface area contributed by atoms with Gasteiger partial charge in [0.25, 0.3) is 0 Å². The van der Waals surface area contributed by atoms with Gasteiger partial charge in [-0.3, -0.25) is 0 Å². The van der Waals surface area contributed by atoms with Crippen LogP contribution in [0.25, 0.3) is 11.0 Å². The van der Waals surface area contributed by atoms with E-state index in [2.05, 4.69) is 34.4 Å². The van der Waals surface area contributed by atoms with E-state index in [1.54, 1.807) is 7.11 Å². The monoisotopic (exact) mass is 309 g/mol. The SMILES string of the molecule is CCCN(CC)CCn1c(CCl)nc2cc(OC)ccc21. The lowest BCUT2D eigenvalue weighted by molar-refractivity contribution is 0.277. The minimum Gasteiger partial charge on any atom is -0.497 e. The van der Waals surface area contributed by atoms with Gasteiger partial charge in [0.15, 0.2) is 0 Å². The molecule has 1 aromatic carbocycles. The van der Waals surface area contributed by atoms with E-state index in [0.717, 1.165) is 48.8 Å². The number of methoxy groups -OCH3 is 1. The van der Waals surface area contributed by atoms with Crippen molar-refractivity contribution in [2.45, 2.75) is 32.7 Å². The fourth-order valence-electron chi connectivity index (χ4n) is 2.62. The topological polar surface area (TPSA) is 30.3 Å². The largest absolute Gasteiger partial charge is 0.497 e. The van der Waals surface area contributed by atoms with E-state index >= 15 is 0 Å². The van der Waals surface area contributed by atoms with E-state index in [1.807, 2.05) is 12.1 Å². The maximum atomic E-state index is 6.06. The van der Waals surface area contributed by atoms with Gasteiger partial charge in [0, 0.05) is 19.2 Å². The highest BCUT2D eigenvalue weighted by molar-refractivity contribution is 6.16. The quantitative estimate of drug-likeness (QED) is 0.699. The van der Waals surface area contributed by atoms with Crippen molar-refractivity contribution >= 4 is 22.6 Å². The number of nitrogens with zero attached hydrogens (tertiary/aromatic N) is 3. The van der Waals surface area contributed by atoms with E-state index in [0.29, 0.717) is 5.88 Å². The van der Waals surface area contributed by atoms with Crippen LogP contribution in [0.2, 0.25) is 0 Å². The number of benzene rings is 1. The zero-order chi connectivity index (χ0) is 15.2. The Labute approximate surface area is 131 Å². The molecule has 0 unspecified atom stereocenters. The van der Waals surface area contributed by atoms with Crippen molar-refractivity contribution < 1.29 is 4.74 Å². The number of alkyl halides is 1. The molecular weight excluding hydrogens is 286 g/mol. The molecule has 0 saturated carbocycles. The van der Waals surface area contributed by atoms with Crippen molar-refractivity contribution in [3.05, 3.63) is 24.0 Å². The normalized spacial score (nSPS) is 11.5. The Morgan fingerprint density at radius 2 is 2.10 bits per heavy atom. The third kappa shape index (κ3) is 3.69. The number of hydrogen-bond donors (Lipinski definition) is 0. The zero-order valence-corrected chi connectivity index (χ0v) is 13.9. The number of aromatic nitrogens is 2. The molecule has 0 spiro atoms. The van der Waals surface area contributed by atoms with Gasteiger partial charge in [0.1, 0.15) is 11.6 Å². The number of imidazole rings is 1. The van der Waals surface area contributed by atoms with Crippen molar-refractivity contribution in [1.82, 2.24) is 14.5 Å². The van der Waals surface area contributed by atoms with E-state index in [1.165, 1.54) is 6.42 Å². The minimum absolute atomic E-state index is 0.427. The van der Waals surface area contributed by atoms with Crippen molar-refractivity contribution in [2.24, 2.45) is 0 Å². The lowest BCUT2D eigenvalue weighted by Crippen LogP contribution is -2.28. The summed E-state index contributed by atoms with van der Waals surface area (Å²) >= 11 is 6.06. The van der Waals surface area contributed by atoms with Gasteiger partial charge in [-0.05, 0) is 31.6 Å². The van der Waals surface area contributed by atoms with Crippen LogP contribution >= 0.6 is 11.6 Å². The summed E-state index contributed by atoms with van der Waals surface area (Å²) in [4.78, 5) is 7.07. The predicted octanol–water partition coefficient (Wildman–Crippen LogP) is 3.52. The molecule has 2 rings (SSSR count).